The molecule has 132 valence electrons. The van der Waals surface area contributed by atoms with Crippen molar-refractivity contribution in [1.29, 1.82) is 0 Å². The molecule has 2 unspecified atom stereocenters. The summed E-state index contributed by atoms with van der Waals surface area (Å²) in [5.74, 6) is -0.136. The van der Waals surface area contributed by atoms with Crippen molar-refractivity contribution in [3.05, 3.63) is 0 Å². The Morgan fingerprint density at radius 1 is 1.14 bits per heavy atom. The Morgan fingerprint density at radius 3 is 1.95 bits per heavy atom. The van der Waals surface area contributed by atoms with Gasteiger partial charge < -0.3 is 19.1 Å². The van der Waals surface area contributed by atoms with E-state index >= 15 is 0 Å². The Kier molecular flexibility index (Phi) is 10.2. The summed E-state index contributed by atoms with van der Waals surface area (Å²) in [6, 6.07) is -0.256. The zero-order valence-electron chi connectivity index (χ0n) is 14.7. The second-order valence-corrected chi connectivity index (χ2v) is 8.05. The van der Waals surface area contributed by atoms with Gasteiger partial charge in [-0.3, -0.25) is 9.36 Å². The quantitative estimate of drug-likeness (QED) is 0.587. The SMILES string of the molecule is CCOP(=O)(OCC)C(C)CC(=O)N(C(C)C)C(CC)CO. The van der Waals surface area contributed by atoms with Crippen LogP contribution in [0.3, 0.4) is 0 Å². The van der Waals surface area contributed by atoms with Crippen molar-refractivity contribution in [2.75, 3.05) is 19.8 Å². The van der Waals surface area contributed by atoms with Crippen molar-refractivity contribution < 1.29 is 23.5 Å². The van der Waals surface area contributed by atoms with Gasteiger partial charge in [0.25, 0.3) is 0 Å². The maximum absolute atomic E-state index is 12.7. The fourth-order valence-corrected chi connectivity index (χ4v) is 4.13. The van der Waals surface area contributed by atoms with Crippen LogP contribution in [-0.4, -0.2) is 53.5 Å². The maximum atomic E-state index is 12.7. The number of carbonyl (C=O) groups is 1. The Hall–Kier alpha value is -0.420. The number of amides is 1. The van der Waals surface area contributed by atoms with Gasteiger partial charge >= 0.3 is 7.60 Å². The van der Waals surface area contributed by atoms with Crippen molar-refractivity contribution in [2.24, 2.45) is 0 Å². The summed E-state index contributed by atoms with van der Waals surface area (Å²) in [5, 5.41) is 9.46. The second-order valence-electron chi connectivity index (χ2n) is 5.57. The van der Waals surface area contributed by atoms with Gasteiger partial charge in [-0.2, -0.15) is 0 Å². The van der Waals surface area contributed by atoms with Crippen LogP contribution in [0.1, 0.15) is 54.4 Å². The summed E-state index contributed by atoms with van der Waals surface area (Å²) >= 11 is 0. The minimum Gasteiger partial charge on any atom is -0.394 e. The summed E-state index contributed by atoms with van der Waals surface area (Å²) in [4.78, 5) is 14.3. The lowest BCUT2D eigenvalue weighted by atomic mass is 10.1. The van der Waals surface area contributed by atoms with Crippen LogP contribution in [0.25, 0.3) is 0 Å². The van der Waals surface area contributed by atoms with Gasteiger partial charge in [-0.05, 0) is 34.1 Å². The fourth-order valence-electron chi connectivity index (χ4n) is 2.45. The van der Waals surface area contributed by atoms with Crippen LogP contribution < -0.4 is 0 Å². The molecule has 0 aromatic rings. The lowest BCUT2D eigenvalue weighted by Gasteiger charge is -2.35. The van der Waals surface area contributed by atoms with Crippen LogP contribution in [0.15, 0.2) is 0 Å². The Morgan fingerprint density at radius 2 is 1.64 bits per heavy atom. The number of carbonyl (C=O) groups excluding carboxylic acids is 1. The smallest absolute Gasteiger partial charge is 0.333 e. The summed E-state index contributed by atoms with van der Waals surface area (Å²) in [6.45, 7) is 11.4. The molecule has 2 atom stereocenters. The molecule has 0 fully saturated rings. The van der Waals surface area contributed by atoms with Gasteiger partial charge in [-0.1, -0.05) is 13.8 Å². The zero-order chi connectivity index (χ0) is 17.3. The van der Waals surface area contributed by atoms with E-state index in [0.29, 0.717) is 6.42 Å². The van der Waals surface area contributed by atoms with E-state index < -0.39 is 13.3 Å². The van der Waals surface area contributed by atoms with E-state index in [9.17, 15) is 14.5 Å². The molecule has 0 radical (unpaired) electrons. The summed E-state index contributed by atoms with van der Waals surface area (Å²) in [5.41, 5.74) is -0.516. The van der Waals surface area contributed by atoms with E-state index in [-0.39, 0.29) is 44.2 Å². The van der Waals surface area contributed by atoms with E-state index in [1.54, 1.807) is 25.7 Å². The normalized spacial score (nSPS) is 14.9. The number of aliphatic hydroxyl groups excluding tert-OH is 1. The molecule has 0 saturated heterocycles. The molecule has 6 nitrogen and oxygen atoms in total. The average Bonchev–Trinajstić information content (AvgIpc) is 2.44. The molecular formula is C15H32NO5P. The molecule has 0 heterocycles. The molecule has 7 heteroatoms. The lowest BCUT2D eigenvalue weighted by Crippen LogP contribution is -2.47. The third-order valence-corrected chi connectivity index (χ3v) is 6.05. The molecule has 0 aromatic carbocycles. The second kappa shape index (κ2) is 10.4. The van der Waals surface area contributed by atoms with Crippen molar-refractivity contribution >= 4 is 13.5 Å². The van der Waals surface area contributed by atoms with Crippen LogP contribution in [0.4, 0.5) is 0 Å². The number of hydrogen-bond donors (Lipinski definition) is 1. The molecule has 1 N–H and O–H groups in total. The van der Waals surface area contributed by atoms with Gasteiger partial charge in [-0.15, -0.1) is 0 Å². The summed E-state index contributed by atoms with van der Waals surface area (Å²) in [7, 11) is -3.29. The first kappa shape index (κ1) is 21.6. The van der Waals surface area contributed by atoms with Gasteiger partial charge in [0.1, 0.15) is 0 Å². The van der Waals surface area contributed by atoms with Crippen molar-refractivity contribution in [3.8, 4) is 0 Å². The maximum Gasteiger partial charge on any atom is 0.333 e. The average molecular weight is 337 g/mol. The molecule has 0 saturated carbocycles. The van der Waals surface area contributed by atoms with Crippen LogP contribution in [0, 0.1) is 0 Å². The minimum atomic E-state index is -3.29. The van der Waals surface area contributed by atoms with Crippen molar-refractivity contribution in [2.45, 2.75) is 72.1 Å². The Labute approximate surface area is 134 Å². The highest BCUT2D eigenvalue weighted by atomic mass is 31.2. The number of hydrogen-bond acceptors (Lipinski definition) is 5. The third-order valence-electron chi connectivity index (χ3n) is 3.55. The third kappa shape index (κ3) is 5.99. The van der Waals surface area contributed by atoms with Crippen LogP contribution in [-0.2, 0) is 18.4 Å². The first-order valence-corrected chi connectivity index (χ1v) is 9.69. The van der Waals surface area contributed by atoms with E-state index in [2.05, 4.69) is 0 Å². The van der Waals surface area contributed by atoms with Gasteiger partial charge in [0, 0.05) is 12.5 Å². The molecule has 0 aromatic heterocycles. The van der Waals surface area contributed by atoms with Gasteiger partial charge in [0.2, 0.25) is 5.91 Å². The van der Waals surface area contributed by atoms with Crippen LogP contribution in [0.5, 0.6) is 0 Å². The molecule has 0 aliphatic heterocycles. The number of nitrogens with zero attached hydrogens (tertiary/aromatic N) is 1. The van der Waals surface area contributed by atoms with Crippen LogP contribution in [0.2, 0.25) is 0 Å². The first-order valence-electron chi connectivity index (χ1n) is 8.08. The number of aliphatic hydroxyl groups is 1. The molecular weight excluding hydrogens is 305 g/mol. The highest BCUT2D eigenvalue weighted by molar-refractivity contribution is 7.54. The topological polar surface area (TPSA) is 76.1 Å². The standard InChI is InChI=1S/C15H32NO5P/c1-7-14(11-17)16(12(4)5)15(18)10-13(6)22(19,20-8-2)21-9-3/h12-14,17H,7-11H2,1-6H3. The van der Waals surface area contributed by atoms with Crippen molar-refractivity contribution in [3.63, 3.8) is 0 Å². The molecule has 0 spiro atoms. The highest BCUT2D eigenvalue weighted by Gasteiger charge is 2.36. The first-order chi connectivity index (χ1) is 10.3. The van der Waals surface area contributed by atoms with Gasteiger partial charge in [0.15, 0.2) is 0 Å². The molecule has 0 aliphatic rings. The zero-order valence-corrected chi connectivity index (χ0v) is 15.6. The predicted molar refractivity (Wildman–Crippen MR) is 88.1 cm³/mol. The van der Waals surface area contributed by atoms with E-state index in [1.807, 2.05) is 20.8 Å². The Bertz CT molecular complexity index is 361. The molecule has 1 amide bonds. The lowest BCUT2D eigenvalue weighted by molar-refractivity contribution is -0.136. The van der Waals surface area contributed by atoms with E-state index in [1.165, 1.54) is 0 Å². The van der Waals surface area contributed by atoms with Crippen LogP contribution >= 0.6 is 7.60 Å². The van der Waals surface area contributed by atoms with Gasteiger partial charge in [-0.25, -0.2) is 0 Å². The largest absolute Gasteiger partial charge is 0.394 e. The van der Waals surface area contributed by atoms with E-state index in [4.69, 9.17) is 9.05 Å². The highest BCUT2D eigenvalue weighted by Crippen LogP contribution is 2.54. The summed E-state index contributed by atoms with van der Waals surface area (Å²) in [6.07, 6.45) is 0.745. The summed E-state index contributed by atoms with van der Waals surface area (Å²) < 4.78 is 23.3. The molecule has 0 bridgehead atoms. The molecule has 0 aliphatic carbocycles. The molecule has 0 rings (SSSR count). The van der Waals surface area contributed by atoms with Crippen molar-refractivity contribution in [1.82, 2.24) is 4.90 Å². The predicted octanol–water partition coefficient (Wildman–Crippen LogP) is 3.04. The Balaban J connectivity index is 5.08. The molecule has 22 heavy (non-hydrogen) atoms. The number of rotatable bonds is 11. The minimum absolute atomic E-state index is 0.0321. The van der Waals surface area contributed by atoms with E-state index in [0.717, 1.165) is 0 Å². The van der Waals surface area contributed by atoms with Gasteiger partial charge in [0.05, 0.1) is 31.5 Å². The fraction of sp³-hybridized carbons (Fsp3) is 0.933. The monoisotopic (exact) mass is 337 g/mol.